The van der Waals surface area contributed by atoms with E-state index in [2.05, 4.69) is 10.0 Å². The molecule has 17 nitrogen and oxygen atoms in total. The second-order valence-corrected chi connectivity index (χ2v) is 9.51. The van der Waals surface area contributed by atoms with Crippen molar-refractivity contribution < 1.29 is 66.6 Å². The summed E-state index contributed by atoms with van der Waals surface area (Å²) in [5.74, 6) is -4.33. The van der Waals surface area contributed by atoms with Crippen LogP contribution < -0.4 is 0 Å². The molecule has 0 bridgehead atoms. The van der Waals surface area contributed by atoms with Crippen LogP contribution in [0.3, 0.4) is 0 Å². The van der Waals surface area contributed by atoms with Gasteiger partial charge in [-0.1, -0.05) is 12.0 Å². The van der Waals surface area contributed by atoms with E-state index < -0.39 is 97.7 Å². The van der Waals surface area contributed by atoms with Gasteiger partial charge in [-0.15, -0.1) is 0 Å². The van der Waals surface area contributed by atoms with Crippen LogP contribution in [-0.2, 0) is 66.6 Å². The molecule has 10 atom stereocenters. The predicted molar refractivity (Wildman–Crippen MR) is 136 cm³/mol. The molecule has 2 aliphatic heterocycles. The molecule has 0 aromatic rings. The van der Waals surface area contributed by atoms with E-state index in [4.69, 9.17) is 48.2 Å². The van der Waals surface area contributed by atoms with E-state index in [1.807, 2.05) is 0 Å². The standard InChI is InChI=1S/C25H37N3O14/c1-8-34-24-23(39-16(7)33)21(37-14(5)31)20(18(41-24)10-35-12(3)29)42-25-22(38-15(6)32)19(36-13(4)30)11(2)17(40-25)9-27-28-26/h11,17-25H,8-10H2,1-7H3/t11-,17?,18?,19?,20-,21?,22+,23+,24+,25-/m1/s1. The van der Waals surface area contributed by atoms with Crippen molar-refractivity contribution in [2.75, 3.05) is 19.8 Å². The lowest BCUT2D eigenvalue weighted by molar-refractivity contribution is -0.354. The van der Waals surface area contributed by atoms with E-state index >= 15 is 0 Å². The van der Waals surface area contributed by atoms with Crippen LogP contribution in [0.15, 0.2) is 5.11 Å². The van der Waals surface area contributed by atoms with E-state index in [0.29, 0.717) is 0 Å². The van der Waals surface area contributed by atoms with Crippen molar-refractivity contribution in [1.29, 1.82) is 0 Å². The summed E-state index contributed by atoms with van der Waals surface area (Å²) in [4.78, 5) is 62.8. The molecule has 236 valence electrons. The van der Waals surface area contributed by atoms with E-state index in [1.165, 1.54) is 0 Å². The number of nitrogens with zero attached hydrogens (tertiary/aromatic N) is 3. The molecule has 42 heavy (non-hydrogen) atoms. The SMILES string of the molecule is CCO[C@H]1OC(COC(C)=O)[C@@H](O[C@H]2OC(CN=[N+]=[N-])[C@@H](C)C(OC(C)=O)[C@@H]2OC(C)=O)C(OC(C)=O)[C@@H]1OC(C)=O. The first-order chi connectivity index (χ1) is 19.8. The van der Waals surface area contributed by atoms with Crippen molar-refractivity contribution >= 4 is 29.8 Å². The molecule has 0 spiro atoms. The van der Waals surface area contributed by atoms with Crippen molar-refractivity contribution in [2.24, 2.45) is 11.0 Å². The van der Waals surface area contributed by atoms with Gasteiger partial charge in [0.1, 0.15) is 24.9 Å². The number of ether oxygens (including phenoxy) is 9. The zero-order valence-electron chi connectivity index (χ0n) is 24.5. The highest BCUT2D eigenvalue weighted by atomic mass is 16.8. The Morgan fingerprint density at radius 1 is 0.714 bits per heavy atom. The predicted octanol–water partition coefficient (Wildman–Crippen LogP) is 1.09. The third kappa shape index (κ3) is 9.80. The number of carbonyl (C=O) groups is 5. The highest BCUT2D eigenvalue weighted by Crippen LogP contribution is 2.36. The number of rotatable bonds is 12. The molecule has 0 radical (unpaired) electrons. The number of hydrogen-bond acceptors (Lipinski definition) is 15. The van der Waals surface area contributed by atoms with Crippen molar-refractivity contribution in [3.8, 4) is 0 Å². The fourth-order valence-electron chi connectivity index (χ4n) is 4.63. The molecular weight excluding hydrogens is 566 g/mol. The summed E-state index contributed by atoms with van der Waals surface area (Å²) in [5.41, 5.74) is 8.88. The maximum absolute atomic E-state index is 12.2. The summed E-state index contributed by atoms with van der Waals surface area (Å²) >= 11 is 0. The lowest BCUT2D eigenvalue weighted by Gasteiger charge is -2.48. The van der Waals surface area contributed by atoms with Crippen LogP contribution in [0.5, 0.6) is 0 Å². The number of esters is 5. The highest BCUT2D eigenvalue weighted by Gasteiger charge is 2.55. The molecule has 0 aromatic carbocycles. The molecule has 0 aromatic heterocycles. The minimum Gasteiger partial charge on any atom is -0.463 e. The fraction of sp³-hybridized carbons (Fsp3) is 0.800. The number of carbonyl (C=O) groups excluding carboxylic acids is 5. The average molecular weight is 604 g/mol. The van der Waals surface area contributed by atoms with Crippen molar-refractivity contribution in [3.05, 3.63) is 10.4 Å². The molecular formula is C25H37N3O14. The van der Waals surface area contributed by atoms with Crippen LogP contribution in [-0.4, -0.2) is 105 Å². The second-order valence-electron chi connectivity index (χ2n) is 9.51. The summed E-state index contributed by atoms with van der Waals surface area (Å²) in [6.45, 7) is 8.43. The van der Waals surface area contributed by atoms with E-state index in [0.717, 1.165) is 34.6 Å². The fourth-order valence-corrected chi connectivity index (χ4v) is 4.63. The van der Waals surface area contributed by atoms with Crippen LogP contribution in [0.2, 0.25) is 0 Å². The van der Waals surface area contributed by atoms with Gasteiger partial charge in [0.2, 0.25) is 0 Å². The largest absolute Gasteiger partial charge is 0.463 e. The molecule has 2 aliphatic rings. The Kier molecular flexibility index (Phi) is 13.4. The third-order valence-corrected chi connectivity index (χ3v) is 6.20. The van der Waals surface area contributed by atoms with Crippen LogP contribution in [0.4, 0.5) is 0 Å². The summed E-state index contributed by atoms with van der Waals surface area (Å²) < 4.78 is 50.9. The zero-order valence-corrected chi connectivity index (χ0v) is 24.5. The molecule has 2 fully saturated rings. The summed E-state index contributed by atoms with van der Waals surface area (Å²) in [6, 6.07) is 0. The van der Waals surface area contributed by atoms with Gasteiger partial charge in [-0.05, 0) is 12.5 Å². The van der Waals surface area contributed by atoms with Gasteiger partial charge in [-0.25, -0.2) is 0 Å². The van der Waals surface area contributed by atoms with Gasteiger partial charge >= 0.3 is 29.8 Å². The van der Waals surface area contributed by atoms with Gasteiger partial charge in [0.05, 0.1) is 12.6 Å². The smallest absolute Gasteiger partial charge is 0.303 e. The maximum Gasteiger partial charge on any atom is 0.303 e. The van der Waals surface area contributed by atoms with Gasteiger partial charge in [0.15, 0.2) is 30.9 Å². The first-order valence-corrected chi connectivity index (χ1v) is 13.2. The summed E-state index contributed by atoms with van der Waals surface area (Å²) in [7, 11) is 0. The van der Waals surface area contributed by atoms with E-state index in [9.17, 15) is 24.0 Å². The molecule has 0 aliphatic carbocycles. The third-order valence-electron chi connectivity index (χ3n) is 6.20. The van der Waals surface area contributed by atoms with Crippen molar-refractivity contribution in [1.82, 2.24) is 0 Å². The Balaban J connectivity index is 2.63. The average Bonchev–Trinajstić information content (AvgIpc) is 2.88. The first-order valence-electron chi connectivity index (χ1n) is 13.2. The lowest BCUT2D eigenvalue weighted by Crippen LogP contribution is -2.65. The van der Waals surface area contributed by atoms with Crippen molar-refractivity contribution in [2.45, 2.75) is 104 Å². The Bertz CT molecular complexity index is 1030. The van der Waals surface area contributed by atoms with Gasteiger partial charge in [-0.2, -0.15) is 0 Å². The van der Waals surface area contributed by atoms with Gasteiger partial charge in [0.25, 0.3) is 0 Å². The normalized spacial score (nSPS) is 32.5. The minimum atomic E-state index is -1.54. The Morgan fingerprint density at radius 2 is 1.21 bits per heavy atom. The van der Waals surface area contributed by atoms with Gasteiger partial charge in [-0.3, -0.25) is 24.0 Å². The van der Waals surface area contributed by atoms with E-state index in [1.54, 1.807) is 13.8 Å². The molecule has 17 heteroatoms. The summed E-state index contributed by atoms with van der Waals surface area (Å²) in [6.07, 6.45) is -11.6. The monoisotopic (exact) mass is 603 g/mol. The lowest BCUT2D eigenvalue weighted by atomic mass is 9.89. The molecule has 0 amide bonds. The second kappa shape index (κ2) is 16.2. The molecule has 0 N–H and O–H groups in total. The molecule has 0 saturated carbocycles. The molecule has 2 saturated heterocycles. The van der Waals surface area contributed by atoms with Crippen molar-refractivity contribution in [3.63, 3.8) is 0 Å². The number of azide groups is 1. The zero-order chi connectivity index (χ0) is 31.6. The summed E-state index contributed by atoms with van der Waals surface area (Å²) in [5, 5.41) is 3.55. The van der Waals surface area contributed by atoms with Crippen LogP contribution >= 0.6 is 0 Å². The molecule has 2 rings (SSSR count). The Morgan fingerprint density at radius 3 is 1.71 bits per heavy atom. The molecule has 4 unspecified atom stereocenters. The first kappa shape index (κ1) is 34.7. The number of hydrogen-bond donors (Lipinski definition) is 0. The Labute approximate surface area is 241 Å². The topological polar surface area (TPSA) is 217 Å². The van der Waals surface area contributed by atoms with Crippen LogP contribution in [0.1, 0.15) is 48.5 Å². The Hall–Kier alpha value is -3.50. The van der Waals surface area contributed by atoms with Gasteiger partial charge in [0, 0.05) is 52.1 Å². The minimum absolute atomic E-state index is 0.102. The van der Waals surface area contributed by atoms with E-state index in [-0.39, 0.29) is 13.2 Å². The highest BCUT2D eigenvalue weighted by molar-refractivity contribution is 5.68. The van der Waals surface area contributed by atoms with Crippen LogP contribution in [0.25, 0.3) is 10.4 Å². The molecule has 2 heterocycles. The quantitative estimate of drug-likeness (QED) is 0.100. The maximum atomic E-state index is 12.2. The van der Waals surface area contributed by atoms with Crippen LogP contribution in [0, 0.1) is 5.92 Å². The van der Waals surface area contributed by atoms with Gasteiger partial charge < -0.3 is 42.6 Å².